The van der Waals surface area contributed by atoms with E-state index in [0.717, 1.165) is 5.56 Å². The summed E-state index contributed by atoms with van der Waals surface area (Å²) in [7, 11) is 1.63. The van der Waals surface area contributed by atoms with Crippen molar-refractivity contribution in [2.75, 3.05) is 12.0 Å². The van der Waals surface area contributed by atoms with Gasteiger partial charge in [0.1, 0.15) is 5.82 Å². The Morgan fingerprint density at radius 1 is 1.26 bits per heavy atom. The number of nitrogens with zero attached hydrogens (tertiary/aromatic N) is 3. The molecule has 2 rings (SSSR count). The van der Waals surface area contributed by atoms with Gasteiger partial charge in [0.25, 0.3) is 0 Å². The van der Waals surface area contributed by atoms with E-state index < -0.39 is 0 Å². The number of nitrogens with one attached hydrogen (secondary N) is 2. The molecule has 0 aliphatic heterocycles. The first-order valence-corrected chi connectivity index (χ1v) is 6.19. The molecule has 1 aromatic heterocycles. The highest BCUT2D eigenvalue weighted by Crippen LogP contribution is 2.18. The van der Waals surface area contributed by atoms with E-state index in [1.807, 2.05) is 6.92 Å². The molecule has 100 valence electrons. The molecule has 6 nitrogen and oxygen atoms in total. The Kier molecular flexibility index (Phi) is 4.13. The summed E-state index contributed by atoms with van der Waals surface area (Å²) in [4.78, 5) is 19.9. The minimum Gasteiger partial charge on any atom is -0.289 e. The first kappa shape index (κ1) is 13.5. The minimum atomic E-state index is -0.375. The first-order valence-electron chi connectivity index (χ1n) is 5.81. The third kappa shape index (κ3) is 3.10. The summed E-state index contributed by atoms with van der Waals surface area (Å²) in [6.45, 7) is 2.61. The topological polar surface area (TPSA) is 71.8 Å². The summed E-state index contributed by atoms with van der Waals surface area (Å²) in [6.07, 6.45) is 0. The van der Waals surface area contributed by atoms with Crippen LogP contribution in [0, 0.1) is 0 Å². The molecule has 0 atom stereocenters. The van der Waals surface area contributed by atoms with Crippen LogP contribution < -0.4 is 16.5 Å². The van der Waals surface area contributed by atoms with Gasteiger partial charge in [-0.2, -0.15) is 9.97 Å². The fourth-order valence-electron chi connectivity index (χ4n) is 1.54. The van der Waals surface area contributed by atoms with Crippen molar-refractivity contribution in [3.05, 3.63) is 39.8 Å². The van der Waals surface area contributed by atoms with Gasteiger partial charge in [-0.15, -0.1) is 0 Å². The number of hydrogen-bond donors (Lipinski definition) is 2. The minimum absolute atomic E-state index is 0.245. The number of rotatable bonds is 4. The zero-order chi connectivity index (χ0) is 13.8. The molecule has 0 unspecified atom stereocenters. The van der Waals surface area contributed by atoms with Gasteiger partial charge in [0.2, 0.25) is 5.95 Å². The van der Waals surface area contributed by atoms with Gasteiger partial charge in [-0.3, -0.25) is 9.99 Å². The van der Waals surface area contributed by atoms with Crippen LogP contribution in [0.1, 0.15) is 6.92 Å². The Hall–Kier alpha value is -1.92. The number of hydrogen-bond acceptors (Lipinski definition) is 5. The number of halogens is 1. The van der Waals surface area contributed by atoms with Gasteiger partial charge in [0.15, 0.2) is 0 Å². The van der Waals surface area contributed by atoms with Crippen LogP contribution >= 0.6 is 11.6 Å². The van der Waals surface area contributed by atoms with E-state index in [2.05, 4.69) is 20.8 Å². The second-order valence-corrected chi connectivity index (χ2v) is 4.31. The summed E-state index contributed by atoms with van der Waals surface area (Å²) in [5.41, 5.74) is 6.05. The lowest BCUT2D eigenvalue weighted by atomic mass is 10.2. The van der Waals surface area contributed by atoms with E-state index in [0.29, 0.717) is 17.4 Å². The van der Waals surface area contributed by atoms with E-state index >= 15 is 0 Å². The number of aromatic nitrogens is 3. The van der Waals surface area contributed by atoms with Crippen LogP contribution in [0.4, 0.5) is 5.95 Å². The van der Waals surface area contributed by atoms with Gasteiger partial charge < -0.3 is 0 Å². The highest BCUT2D eigenvalue weighted by molar-refractivity contribution is 6.30. The van der Waals surface area contributed by atoms with Crippen molar-refractivity contribution in [2.45, 2.75) is 6.92 Å². The molecule has 0 saturated heterocycles. The van der Waals surface area contributed by atoms with Crippen molar-refractivity contribution in [3.8, 4) is 11.4 Å². The molecule has 7 heteroatoms. The van der Waals surface area contributed by atoms with Crippen molar-refractivity contribution < 1.29 is 0 Å². The zero-order valence-corrected chi connectivity index (χ0v) is 11.4. The van der Waals surface area contributed by atoms with Gasteiger partial charge in [0.05, 0.1) is 0 Å². The van der Waals surface area contributed by atoms with E-state index in [4.69, 9.17) is 11.6 Å². The monoisotopic (exact) mass is 279 g/mol. The Morgan fingerprint density at radius 2 is 1.95 bits per heavy atom. The molecule has 0 amide bonds. The second-order valence-electron chi connectivity index (χ2n) is 3.87. The maximum Gasteiger partial charge on any atom is 0.352 e. The molecule has 19 heavy (non-hydrogen) atoms. The summed E-state index contributed by atoms with van der Waals surface area (Å²) < 4.78 is 1.39. The van der Waals surface area contributed by atoms with Crippen LogP contribution in [0.5, 0.6) is 0 Å². The predicted octanol–water partition coefficient (Wildman–Crippen LogP) is 1.43. The van der Waals surface area contributed by atoms with Crippen LogP contribution in [0.3, 0.4) is 0 Å². The van der Waals surface area contributed by atoms with Crippen molar-refractivity contribution in [2.24, 2.45) is 7.05 Å². The number of hydrazine groups is 1. The lowest BCUT2D eigenvalue weighted by molar-refractivity contribution is 0.760. The fourth-order valence-corrected chi connectivity index (χ4v) is 1.66. The maximum atomic E-state index is 11.8. The molecule has 0 fully saturated rings. The van der Waals surface area contributed by atoms with Gasteiger partial charge in [-0.05, 0) is 24.3 Å². The van der Waals surface area contributed by atoms with Crippen LogP contribution in [0.2, 0.25) is 5.02 Å². The fraction of sp³-hybridized carbons (Fsp3) is 0.250. The first-order chi connectivity index (χ1) is 9.11. The summed E-state index contributed by atoms with van der Waals surface area (Å²) >= 11 is 5.85. The maximum absolute atomic E-state index is 11.8. The third-order valence-electron chi connectivity index (χ3n) is 2.50. The third-order valence-corrected chi connectivity index (χ3v) is 2.75. The Balaban J connectivity index is 2.46. The molecule has 2 N–H and O–H groups in total. The summed E-state index contributed by atoms with van der Waals surface area (Å²) in [5.74, 6) is 0.770. The molecule has 0 aliphatic rings. The Labute approximate surface area is 115 Å². The molecule has 0 aliphatic carbocycles. The molecular formula is C12H14ClN5O. The van der Waals surface area contributed by atoms with Crippen LogP contribution in [-0.2, 0) is 7.05 Å². The molecule has 1 aromatic carbocycles. The average Bonchev–Trinajstić information content (AvgIpc) is 2.41. The van der Waals surface area contributed by atoms with Crippen LogP contribution in [0.25, 0.3) is 11.4 Å². The number of benzene rings is 1. The highest BCUT2D eigenvalue weighted by atomic mass is 35.5. The second kappa shape index (κ2) is 5.81. The Bertz CT molecular complexity index is 623. The molecular weight excluding hydrogens is 266 g/mol. The molecule has 0 saturated carbocycles. The standard InChI is InChI=1S/C12H14ClN5O/c1-3-14-17-11-15-10(18(2)12(19)16-11)8-4-6-9(13)7-5-8/h4-7,14H,3H2,1-2H3,(H,16,17,19). The van der Waals surface area contributed by atoms with Crippen LogP contribution in [0.15, 0.2) is 29.1 Å². The molecule has 2 aromatic rings. The van der Waals surface area contributed by atoms with E-state index in [1.54, 1.807) is 31.3 Å². The zero-order valence-electron chi connectivity index (χ0n) is 10.6. The number of anilines is 1. The highest BCUT2D eigenvalue weighted by Gasteiger charge is 2.09. The summed E-state index contributed by atoms with van der Waals surface area (Å²) in [5, 5.41) is 0.633. The molecule has 0 bridgehead atoms. The lowest BCUT2D eigenvalue weighted by Crippen LogP contribution is -2.29. The van der Waals surface area contributed by atoms with Gasteiger partial charge in [0, 0.05) is 24.2 Å². The van der Waals surface area contributed by atoms with Gasteiger partial charge >= 0.3 is 5.69 Å². The summed E-state index contributed by atoms with van der Waals surface area (Å²) in [6, 6.07) is 7.12. The normalized spacial score (nSPS) is 10.5. The van der Waals surface area contributed by atoms with E-state index in [-0.39, 0.29) is 11.6 Å². The van der Waals surface area contributed by atoms with Gasteiger partial charge in [-0.25, -0.2) is 10.2 Å². The van der Waals surface area contributed by atoms with E-state index in [1.165, 1.54) is 4.57 Å². The van der Waals surface area contributed by atoms with Crippen molar-refractivity contribution in [1.29, 1.82) is 0 Å². The SMILES string of the molecule is CCNNc1nc(-c2ccc(Cl)cc2)n(C)c(=O)n1. The largest absolute Gasteiger partial charge is 0.352 e. The van der Waals surface area contributed by atoms with Gasteiger partial charge in [-0.1, -0.05) is 18.5 Å². The van der Waals surface area contributed by atoms with Crippen molar-refractivity contribution in [1.82, 2.24) is 20.0 Å². The smallest absolute Gasteiger partial charge is 0.289 e. The quantitative estimate of drug-likeness (QED) is 0.829. The molecule has 0 radical (unpaired) electrons. The van der Waals surface area contributed by atoms with Crippen LogP contribution in [-0.4, -0.2) is 21.1 Å². The van der Waals surface area contributed by atoms with Crippen molar-refractivity contribution >= 4 is 17.5 Å². The average molecular weight is 280 g/mol. The predicted molar refractivity (Wildman–Crippen MR) is 75.0 cm³/mol. The van der Waals surface area contributed by atoms with Crippen molar-refractivity contribution in [3.63, 3.8) is 0 Å². The lowest BCUT2D eigenvalue weighted by Gasteiger charge is -2.10. The molecule has 1 heterocycles. The van der Waals surface area contributed by atoms with E-state index in [9.17, 15) is 4.79 Å². The molecule has 0 spiro atoms. The Morgan fingerprint density at radius 3 is 2.58 bits per heavy atom.